The quantitative estimate of drug-likeness (QED) is 0.0570. The summed E-state index contributed by atoms with van der Waals surface area (Å²) in [4.78, 5) is 0. The van der Waals surface area contributed by atoms with Crippen molar-refractivity contribution >= 4 is 0 Å². The molecule has 53 heavy (non-hydrogen) atoms. The van der Waals surface area contributed by atoms with Gasteiger partial charge in [-0.1, -0.05) is 312 Å². The maximum absolute atomic E-state index is 4.83. The molecule has 0 aromatic rings. The molecule has 0 aliphatic carbocycles. The molecule has 0 unspecified atom stereocenters. The SMILES string of the molecule is CCCCCCCCCCCC.CCCCCCCCCCCC.CCCCCCCCCCCC.CCCCCCCCCCCC.CCOCC. The Bertz CT molecular complexity index is 352. The van der Waals surface area contributed by atoms with Crippen LogP contribution in [-0.4, -0.2) is 13.2 Å². The summed E-state index contributed by atoms with van der Waals surface area (Å²) >= 11 is 0. The van der Waals surface area contributed by atoms with Gasteiger partial charge in [0, 0.05) is 13.2 Å². The lowest BCUT2D eigenvalue weighted by Gasteiger charge is -1.99. The van der Waals surface area contributed by atoms with E-state index < -0.39 is 0 Å². The second-order valence-electron chi connectivity index (χ2n) is 16.1. The number of ether oxygens (including phenoxy) is 1. The van der Waals surface area contributed by atoms with Crippen molar-refractivity contribution in [1.82, 2.24) is 0 Å². The summed E-state index contributed by atoms with van der Waals surface area (Å²) in [6, 6.07) is 0. The molecule has 0 saturated heterocycles. The van der Waals surface area contributed by atoms with E-state index in [0.717, 1.165) is 13.2 Å². The van der Waals surface area contributed by atoms with Gasteiger partial charge in [-0.05, 0) is 13.8 Å². The minimum atomic E-state index is 0.844. The molecule has 0 spiro atoms. The van der Waals surface area contributed by atoms with Crippen LogP contribution in [0.25, 0.3) is 0 Å². The van der Waals surface area contributed by atoms with Gasteiger partial charge in [0.05, 0.1) is 0 Å². The Morgan fingerprint density at radius 2 is 0.245 bits per heavy atom. The third-order valence-corrected chi connectivity index (χ3v) is 10.2. The summed E-state index contributed by atoms with van der Waals surface area (Å²) in [5.74, 6) is 0. The van der Waals surface area contributed by atoms with Gasteiger partial charge in [-0.25, -0.2) is 0 Å². The molecule has 328 valence electrons. The number of hydrogen-bond acceptors (Lipinski definition) is 1. The fraction of sp³-hybridized carbons (Fsp3) is 1.00. The maximum atomic E-state index is 4.83. The molecule has 0 rings (SSSR count). The second-order valence-corrected chi connectivity index (χ2v) is 16.1. The van der Waals surface area contributed by atoms with E-state index in [2.05, 4.69) is 55.4 Å². The van der Waals surface area contributed by atoms with Crippen LogP contribution < -0.4 is 0 Å². The molecule has 0 heterocycles. The van der Waals surface area contributed by atoms with Gasteiger partial charge in [-0.2, -0.15) is 0 Å². The van der Waals surface area contributed by atoms with E-state index in [1.807, 2.05) is 13.8 Å². The van der Waals surface area contributed by atoms with Crippen molar-refractivity contribution in [2.75, 3.05) is 13.2 Å². The molecule has 1 nitrogen and oxygen atoms in total. The van der Waals surface area contributed by atoms with Gasteiger partial charge in [0.15, 0.2) is 0 Å². The molecule has 0 N–H and O–H groups in total. The predicted octanol–water partition coefficient (Wildman–Crippen LogP) is 20.8. The molecule has 0 bridgehead atoms. The van der Waals surface area contributed by atoms with Crippen molar-refractivity contribution < 1.29 is 4.74 Å². The van der Waals surface area contributed by atoms with E-state index in [4.69, 9.17) is 4.74 Å². The largest absolute Gasteiger partial charge is 0.382 e. The molecular weight excluding hydrogens is 641 g/mol. The van der Waals surface area contributed by atoms with Crippen molar-refractivity contribution in [3.63, 3.8) is 0 Å². The van der Waals surface area contributed by atoms with Crippen molar-refractivity contribution in [1.29, 1.82) is 0 Å². The average molecular weight is 755 g/mol. The molecule has 0 aromatic carbocycles. The Morgan fingerprint density at radius 1 is 0.151 bits per heavy atom. The highest BCUT2D eigenvalue weighted by Gasteiger charge is 1.93. The van der Waals surface area contributed by atoms with E-state index in [0.29, 0.717) is 0 Å². The molecule has 0 fully saturated rings. The van der Waals surface area contributed by atoms with Gasteiger partial charge in [0.1, 0.15) is 0 Å². The van der Waals surface area contributed by atoms with Crippen LogP contribution in [0.4, 0.5) is 0 Å². The lowest BCUT2D eigenvalue weighted by molar-refractivity contribution is 0.162. The minimum absolute atomic E-state index is 0.844. The lowest BCUT2D eigenvalue weighted by atomic mass is 10.1. The van der Waals surface area contributed by atoms with Crippen LogP contribution in [0, 0.1) is 0 Å². The smallest absolute Gasteiger partial charge is 0.0437 e. The van der Waals surface area contributed by atoms with Crippen LogP contribution in [0.2, 0.25) is 0 Å². The van der Waals surface area contributed by atoms with Gasteiger partial charge in [-0.3, -0.25) is 0 Å². The summed E-state index contributed by atoms with van der Waals surface area (Å²) in [5.41, 5.74) is 0. The molecule has 1 heteroatoms. The fourth-order valence-electron chi connectivity index (χ4n) is 6.45. The Balaban J connectivity index is -0.000000185. The highest BCUT2D eigenvalue weighted by atomic mass is 16.5. The molecule has 0 aromatic heterocycles. The first-order chi connectivity index (χ1) is 26.1. The summed E-state index contributed by atoms with van der Waals surface area (Å²) in [6.07, 6.45) is 57.8. The number of unbranched alkanes of at least 4 members (excludes halogenated alkanes) is 36. The Labute approximate surface area is 342 Å². The van der Waals surface area contributed by atoms with Crippen molar-refractivity contribution in [3.8, 4) is 0 Å². The second kappa shape index (κ2) is 73.1. The Kier molecular flexibility index (Phi) is 85.8. The van der Waals surface area contributed by atoms with E-state index in [-0.39, 0.29) is 0 Å². The molecule has 0 atom stereocenters. The first kappa shape index (κ1) is 62.2. The molecule has 0 aliphatic heterocycles. The number of rotatable bonds is 38. The summed E-state index contributed by atoms with van der Waals surface area (Å²) in [5, 5.41) is 0. The van der Waals surface area contributed by atoms with Crippen LogP contribution in [-0.2, 0) is 4.74 Å². The van der Waals surface area contributed by atoms with Gasteiger partial charge in [0.25, 0.3) is 0 Å². The summed E-state index contributed by atoms with van der Waals surface area (Å²) in [6.45, 7) is 23.9. The van der Waals surface area contributed by atoms with Crippen molar-refractivity contribution in [2.24, 2.45) is 0 Å². The molecule has 0 radical (unpaired) electrons. The standard InChI is InChI=1S/4C12H26.C4H10O/c4*1-3-5-7-9-11-12-10-8-6-4-2;1-3-5-4-2/h4*3-12H2,1-2H3;3-4H2,1-2H3. The lowest BCUT2D eigenvalue weighted by Crippen LogP contribution is -1.84. The van der Waals surface area contributed by atoms with Crippen LogP contribution >= 0.6 is 0 Å². The van der Waals surface area contributed by atoms with Crippen molar-refractivity contribution in [3.05, 3.63) is 0 Å². The predicted molar refractivity (Wildman–Crippen MR) is 252 cm³/mol. The van der Waals surface area contributed by atoms with Crippen molar-refractivity contribution in [2.45, 2.75) is 326 Å². The molecule has 0 aliphatic rings. The summed E-state index contributed by atoms with van der Waals surface area (Å²) < 4.78 is 4.83. The maximum Gasteiger partial charge on any atom is 0.0437 e. The highest BCUT2D eigenvalue weighted by molar-refractivity contribution is 4.48. The van der Waals surface area contributed by atoms with E-state index in [1.54, 1.807) is 0 Å². The molecular formula is C52H114O. The van der Waals surface area contributed by atoms with Crippen LogP contribution in [0.5, 0.6) is 0 Å². The van der Waals surface area contributed by atoms with Gasteiger partial charge < -0.3 is 4.74 Å². The zero-order valence-corrected chi connectivity index (χ0v) is 40.1. The zero-order valence-electron chi connectivity index (χ0n) is 40.1. The third kappa shape index (κ3) is 90.0. The first-order valence-corrected chi connectivity index (χ1v) is 25.6. The number of hydrogen-bond donors (Lipinski definition) is 0. The summed E-state index contributed by atoms with van der Waals surface area (Å²) in [7, 11) is 0. The minimum Gasteiger partial charge on any atom is -0.382 e. The Hall–Kier alpha value is -0.0400. The zero-order chi connectivity index (χ0) is 40.4. The topological polar surface area (TPSA) is 9.23 Å². The van der Waals surface area contributed by atoms with E-state index in [9.17, 15) is 0 Å². The van der Waals surface area contributed by atoms with Gasteiger partial charge in [0.2, 0.25) is 0 Å². The first-order valence-electron chi connectivity index (χ1n) is 25.6. The molecule has 0 amide bonds. The molecule has 0 saturated carbocycles. The third-order valence-electron chi connectivity index (χ3n) is 10.2. The van der Waals surface area contributed by atoms with Crippen LogP contribution in [0.1, 0.15) is 326 Å². The average Bonchev–Trinajstić information content (AvgIpc) is 3.17. The highest BCUT2D eigenvalue weighted by Crippen LogP contribution is 2.13. The normalized spacial score (nSPS) is 10.3. The van der Waals surface area contributed by atoms with E-state index >= 15 is 0 Å². The van der Waals surface area contributed by atoms with Gasteiger partial charge >= 0.3 is 0 Å². The monoisotopic (exact) mass is 755 g/mol. The van der Waals surface area contributed by atoms with E-state index in [1.165, 1.54) is 257 Å². The van der Waals surface area contributed by atoms with Crippen LogP contribution in [0.15, 0.2) is 0 Å². The fourth-order valence-corrected chi connectivity index (χ4v) is 6.45. The Morgan fingerprint density at radius 3 is 0.302 bits per heavy atom. The van der Waals surface area contributed by atoms with Crippen LogP contribution in [0.3, 0.4) is 0 Å². The van der Waals surface area contributed by atoms with Gasteiger partial charge in [-0.15, -0.1) is 0 Å².